The van der Waals surface area contributed by atoms with E-state index in [4.69, 9.17) is 0 Å². The second kappa shape index (κ2) is 30.7. The SMILES string of the molecule is CCC(C)C1NC(=O)CNC(=O)C2Cc3c([nH]c4ccccc34)SCC(NC(=O)CNC1=O)C(=O)NC(CC(=O)NCc1ccc(NC(=O)[C@H](C)NC(=O)CNC(=O)CCN3C(=O)CC(S)C3=O)cc1)C(=O)N1CC(O)C1CC(C(C)C(O)CO)C(=O)N2. The summed E-state index contributed by atoms with van der Waals surface area (Å²) in [6.07, 6.45) is -4.00. The van der Waals surface area contributed by atoms with E-state index in [0.717, 1.165) is 21.6 Å². The summed E-state index contributed by atoms with van der Waals surface area (Å²) in [5, 5.41) is 58.6. The highest BCUT2D eigenvalue weighted by atomic mass is 32.2. The zero-order valence-corrected chi connectivity index (χ0v) is 50.6. The molecule has 14 N–H and O–H groups in total. The van der Waals surface area contributed by atoms with Gasteiger partial charge in [0, 0.05) is 67.2 Å². The molecule has 0 saturated carbocycles. The summed E-state index contributed by atoms with van der Waals surface area (Å²) in [7, 11) is 0. The average molecular weight is 1260 g/mol. The summed E-state index contributed by atoms with van der Waals surface area (Å²) in [5.74, 6) is -12.6. The van der Waals surface area contributed by atoms with Gasteiger partial charge >= 0.3 is 0 Å². The number of thioether (sulfide) groups is 1. The molecule has 88 heavy (non-hydrogen) atoms. The first-order chi connectivity index (χ1) is 41.8. The topological polar surface area (TPSA) is 425 Å². The molecule has 31 heteroatoms. The minimum absolute atomic E-state index is 0.0692. The van der Waals surface area contributed by atoms with Crippen molar-refractivity contribution in [1.82, 2.24) is 62.6 Å². The number of nitrogens with one attached hydrogen (secondary N) is 11. The van der Waals surface area contributed by atoms with Gasteiger partial charge in [0.05, 0.1) is 61.2 Å². The molecule has 3 aromatic rings. The molecule has 4 aliphatic heterocycles. The molecular weight excluding hydrogens is 1190 g/mol. The third-order valence-corrected chi connectivity index (χ3v) is 17.5. The number of nitrogens with zero attached hydrogens (tertiary/aromatic N) is 2. The van der Waals surface area contributed by atoms with Crippen LogP contribution >= 0.6 is 24.4 Å². The van der Waals surface area contributed by atoms with Crippen LogP contribution in [0.3, 0.4) is 0 Å². The van der Waals surface area contributed by atoms with Crippen LogP contribution in [-0.2, 0) is 75.3 Å². The van der Waals surface area contributed by atoms with Crippen molar-refractivity contribution >= 4 is 118 Å². The van der Waals surface area contributed by atoms with Crippen molar-refractivity contribution in [2.24, 2.45) is 17.8 Å². The lowest BCUT2D eigenvalue weighted by Crippen LogP contribution is -2.67. The van der Waals surface area contributed by atoms with Gasteiger partial charge in [-0.1, -0.05) is 57.5 Å². The number of aliphatic hydroxyl groups is 3. The molecule has 4 aliphatic rings. The zero-order chi connectivity index (χ0) is 64.1. The number of H-pyrrole nitrogens is 1. The maximum absolute atomic E-state index is 14.8. The van der Waals surface area contributed by atoms with Crippen LogP contribution in [0.2, 0.25) is 0 Å². The molecule has 2 saturated heterocycles. The third-order valence-electron chi connectivity index (χ3n) is 16.0. The van der Waals surface area contributed by atoms with Crippen LogP contribution in [0, 0.1) is 17.8 Å². The second-order valence-corrected chi connectivity index (χ2v) is 23.9. The van der Waals surface area contributed by atoms with Gasteiger partial charge in [0.2, 0.25) is 76.8 Å². The first-order valence-electron chi connectivity index (χ1n) is 28.9. The average Bonchev–Trinajstić information content (AvgIpc) is 1.80. The largest absolute Gasteiger partial charge is 0.394 e. The highest BCUT2D eigenvalue weighted by Gasteiger charge is 2.48. The Kier molecular flexibility index (Phi) is 23.5. The summed E-state index contributed by atoms with van der Waals surface area (Å²) in [5.41, 5.74) is 1.87. The summed E-state index contributed by atoms with van der Waals surface area (Å²) < 4.78 is 0. The first kappa shape index (κ1) is 67.4. The van der Waals surface area contributed by atoms with Gasteiger partial charge in [-0.25, -0.2) is 0 Å². The Balaban J connectivity index is 1.10. The summed E-state index contributed by atoms with van der Waals surface area (Å²) in [4.78, 5) is 181. The van der Waals surface area contributed by atoms with E-state index in [9.17, 15) is 77.6 Å². The van der Waals surface area contributed by atoms with Crippen molar-refractivity contribution in [3.05, 3.63) is 59.7 Å². The van der Waals surface area contributed by atoms with Crippen molar-refractivity contribution in [1.29, 1.82) is 0 Å². The molecule has 0 spiro atoms. The number of aromatic amines is 1. The van der Waals surface area contributed by atoms with Crippen LogP contribution < -0.4 is 53.2 Å². The molecular formula is C57H75N13O16S2. The summed E-state index contributed by atoms with van der Waals surface area (Å²) >= 11 is 5.08. The molecule has 5 heterocycles. The van der Waals surface area contributed by atoms with Crippen LogP contribution in [0.5, 0.6) is 0 Å². The Hall–Kier alpha value is -8.13. The molecule has 7 rings (SSSR count). The summed E-state index contributed by atoms with van der Waals surface area (Å²) in [6.45, 7) is 3.10. The number of hydrogen-bond donors (Lipinski definition) is 15. The van der Waals surface area contributed by atoms with Gasteiger partial charge in [-0.3, -0.25) is 67.2 Å². The van der Waals surface area contributed by atoms with Gasteiger partial charge in [-0.15, -0.1) is 11.8 Å². The number of para-hydroxylation sites is 1. The lowest BCUT2D eigenvalue weighted by atomic mass is 9.79. The number of benzene rings is 2. The van der Waals surface area contributed by atoms with Crippen LogP contribution in [0.4, 0.5) is 5.69 Å². The van der Waals surface area contributed by atoms with Gasteiger partial charge < -0.3 is 78.4 Å². The third kappa shape index (κ3) is 17.3. The number of aromatic nitrogens is 1. The van der Waals surface area contributed by atoms with Crippen LogP contribution in [0.1, 0.15) is 70.9 Å². The minimum atomic E-state index is -1.69. The number of imide groups is 1. The maximum Gasteiger partial charge on any atom is 0.246 e. The van der Waals surface area contributed by atoms with E-state index in [-0.39, 0.29) is 51.1 Å². The van der Waals surface area contributed by atoms with E-state index in [1.807, 2.05) is 0 Å². The van der Waals surface area contributed by atoms with Gasteiger partial charge in [0.1, 0.15) is 30.2 Å². The fourth-order valence-corrected chi connectivity index (χ4v) is 11.8. The van der Waals surface area contributed by atoms with Crippen molar-refractivity contribution in [3.63, 3.8) is 0 Å². The number of aliphatic hydroxyl groups excluding tert-OH is 3. The number of anilines is 1. The Labute approximate surface area is 515 Å². The molecule has 2 fully saturated rings. The van der Waals surface area contributed by atoms with Gasteiger partial charge in [-0.2, -0.15) is 12.6 Å². The smallest absolute Gasteiger partial charge is 0.246 e. The first-order valence-corrected chi connectivity index (χ1v) is 30.4. The summed E-state index contributed by atoms with van der Waals surface area (Å²) in [6, 6.07) is 5.08. The monoisotopic (exact) mass is 1260 g/mol. The lowest BCUT2D eigenvalue weighted by molar-refractivity contribution is -0.158. The van der Waals surface area contributed by atoms with Gasteiger partial charge in [0.15, 0.2) is 0 Å². The fraction of sp³-hybridized carbons (Fsp3) is 0.526. The lowest BCUT2D eigenvalue weighted by Gasteiger charge is -2.48. The van der Waals surface area contributed by atoms with Crippen molar-refractivity contribution < 1.29 is 77.6 Å². The number of likely N-dealkylation sites (tertiary alicyclic amines) is 1. The molecule has 476 valence electrons. The van der Waals surface area contributed by atoms with Crippen LogP contribution in [0.15, 0.2) is 53.6 Å². The second-order valence-electron chi connectivity index (χ2n) is 22.3. The molecule has 0 aliphatic carbocycles. The number of carbonyl (C=O) groups is 13. The maximum atomic E-state index is 14.8. The molecule has 2 aromatic carbocycles. The molecule has 0 radical (unpaired) electrons. The van der Waals surface area contributed by atoms with Crippen LogP contribution in [-0.4, -0.2) is 206 Å². The Morgan fingerprint density at radius 3 is 2.15 bits per heavy atom. The van der Waals surface area contributed by atoms with E-state index in [0.29, 0.717) is 39.2 Å². The standard InChI is InChI=1S/C57H75N13O16S2/c1-5-27(2)49-54(84)61-22-46(77)64-38-26-88-55-34(32-8-6-7-9-35(32)67-55)16-36(52(82)60-23-47(78)68-49)65-51(81)33(28(3)41(73)25-71)17-39-40(72)24-70(39)56(85)37(66-53(38)83)18-44(75)58-20-30-10-12-31(13-11-30)63-50(80)29(4)62-45(76)21-59-43(74)14-15-69-48(79)19-42(87)57(69)86/h6-13,27-29,33,36-42,49,67,71-73,87H,5,14-26H2,1-4H3,(H,58,75)(H,59,74)(H,60,82)(H,61,84)(H,62,76)(H,63,80)(H,64,77)(H,65,81)(H,66,83)(H,68,78)/t27?,28?,29-,33?,36?,37?,38?,39?,40?,41?,42?,49?/m0/s1. The van der Waals surface area contributed by atoms with E-state index < -0.39 is 181 Å². The van der Waals surface area contributed by atoms with Crippen LogP contribution in [0.25, 0.3) is 10.9 Å². The Morgan fingerprint density at radius 2 is 1.48 bits per heavy atom. The number of thiol groups is 1. The van der Waals surface area contributed by atoms with E-state index in [1.165, 1.54) is 26.0 Å². The quantitative estimate of drug-likeness (QED) is 0.0457. The molecule has 29 nitrogen and oxygen atoms in total. The van der Waals surface area contributed by atoms with Crippen molar-refractivity contribution in [3.8, 4) is 0 Å². The molecule has 12 atom stereocenters. The molecule has 2 bridgehead atoms. The normalized spacial score (nSPS) is 24.8. The van der Waals surface area contributed by atoms with Crippen molar-refractivity contribution in [2.45, 2.75) is 131 Å². The van der Waals surface area contributed by atoms with E-state index in [2.05, 4.69) is 70.8 Å². The van der Waals surface area contributed by atoms with Gasteiger partial charge in [0.25, 0.3) is 0 Å². The Morgan fingerprint density at radius 1 is 0.784 bits per heavy atom. The van der Waals surface area contributed by atoms with E-state index >= 15 is 0 Å². The van der Waals surface area contributed by atoms with Crippen molar-refractivity contribution in [2.75, 3.05) is 50.4 Å². The molecule has 11 unspecified atom stereocenters. The predicted octanol–water partition coefficient (Wildman–Crippen LogP) is -3.67. The van der Waals surface area contributed by atoms with Gasteiger partial charge in [-0.05, 0) is 54.5 Å². The fourth-order valence-electron chi connectivity index (χ4n) is 10.4. The number of amides is 13. The predicted molar refractivity (Wildman–Crippen MR) is 319 cm³/mol. The highest BCUT2D eigenvalue weighted by molar-refractivity contribution is 7.99. The number of hydrogen-bond acceptors (Lipinski definition) is 18. The number of rotatable bonds is 17. The number of fused-ring (bicyclic) bond motifs is 5. The van der Waals surface area contributed by atoms with E-state index in [1.54, 1.807) is 50.2 Å². The minimum Gasteiger partial charge on any atom is -0.394 e. The molecule has 13 amide bonds. The zero-order valence-electron chi connectivity index (χ0n) is 48.8. The highest BCUT2D eigenvalue weighted by Crippen LogP contribution is 2.34. The Bertz CT molecular complexity index is 3170. The number of carbonyl (C=O) groups excluding carboxylic acids is 13. The molecule has 1 aromatic heterocycles.